The lowest BCUT2D eigenvalue weighted by molar-refractivity contribution is 0.671. The van der Waals surface area contributed by atoms with Crippen LogP contribution in [0.5, 0.6) is 0 Å². The number of thiazole rings is 1. The highest BCUT2D eigenvalue weighted by molar-refractivity contribution is 7.09. The van der Waals surface area contributed by atoms with Crippen LogP contribution in [0.25, 0.3) is 0 Å². The van der Waals surface area contributed by atoms with Gasteiger partial charge in [0.25, 0.3) is 0 Å². The third kappa shape index (κ3) is 2.43. The van der Waals surface area contributed by atoms with Crippen LogP contribution in [0, 0.1) is 6.92 Å². The Hall–Kier alpha value is -1.20. The number of aromatic nitrogens is 3. The largest absolute Gasteiger partial charge is 0.327 e. The van der Waals surface area contributed by atoms with E-state index in [0.29, 0.717) is 0 Å². The minimum atomic E-state index is 0.789. The fraction of sp³-hybridized carbons (Fsp3) is 0.400. The van der Waals surface area contributed by atoms with Crippen LogP contribution in [0.4, 0.5) is 0 Å². The van der Waals surface area contributed by atoms with Crippen LogP contribution in [0.15, 0.2) is 17.8 Å². The van der Waals surface area contributed by atoms with E-state index in [-0.39, 0.29) is 0 Å². The van der Waals surface area contributed by atoms with Crippen molar-refractivity contribution in [2.75, 3.05) is 7.05 Å². The van der Waals surface area contributed by atoms with Gasteiger partial charge >= 0.3 is 0 Å². The molecule has 4 nitrogen and oxygen atoms in total. The Kier molecular flexibility index (Phi) is 3.13. The first-order valence-electron chi connectivity index (χ1n) is 4.85. The summed E-state index contributed by atoms with van der Waals surface area (Å²) < 4.78 is 2.12. The van der Waals surface area contributed by atoms with Gasteiger partial charge in [0.05, 0.1) is 13.1 Å². The molecule has 0 bridgehead atoms. The predicted molar refractivity (Wildman–Crippen MR) is 60.9 cm³/mol. The minimum absolute atomic E-state index is 0.789. The van der Waals surface area contributed by atoms with Gasteiger partial charge in [-0.15, -0.1) is 11.3 Å². The molecule has 0 atom stereocenters. The number of hydrogen-bond acceptors (Lipinski definition) is 4. The van der Waals surface area contributed by atoms with Crippen molar-refractivity contribution in [3.8, 4) is 0 Å². The Labute approximate surface area is 93.0 Å². The maximum absolute atomic E-state index is 4.44. The number of nitrogens with one attached hydrogen (secondary N) is 1. The van der Waals surface area contributed by atoms with E-state index in [1.165, 1.54) is 0 Å². The van der Waals surface area contributed by atoms with Gasteiger partial charge in [0.2, 0.25) is 0 Å². The van der Waals surface area contributed by atoms with Crippen molar-refractivity contribution in [2.45, 2.75) is 20.0 Å². The summed E-state index contributed by atoms with van der Waals surface area (Å²) in [6, 6.07) is 0. The number of nitrogens with zero attached hydrogens (tertiary/aromatic N) is 3. The van der Waals surface area contributed by atoms with Gasteiger partial charge in [-0.05, 0) is 14.0 Å². The zero-order valence-corrected chi connectivity index (χ0v) is 9.71. The molecule has 1 N–H and O–H groups in total. The van der Waals surface area contributed by atoms with Crippen molar-refractivity contribution in [2.24, 2.45) is 0 Å². The number of aryl methyl sites for hydroxylation is 1. The Morgan fingerprint density at radius 2 is 2.40 bits per heavy atom. The van der Waals surface area contributed by atoms with Gasteiger partial charge in [0.15, 0.2) is 0 Å². The molecule has 80 valence electrons. The normalized spacial score (nSPS) is 10.8. The van der Waals surface area contributed by atoms with Gasteiger partial charge < -0.3 is 9.88 Å². The van der Waals surface area contributed by atoms with E-state index >= 15 is 0 Å². The number of rotatable bonds is 4. The summed E-state index contributed by atoms with van der Waals surface area (Å²) in [4.78, 5) is 8.72. The van der Waals surface area contributed by atoms with E-state index in [0.717, 1.165) is 29.6 Å². The minimum Gasteiger partial charge on any atom is -0.327 e. The van der Waals surface area contributed by atoms with E-state index in [1.807, 2.05) is 26.4 Å². The zero-order valence-electron chi connectivity index (χ0n) is 8.90. The molecule has 0 aliphatic rings. The van der Waals surface area contributed by atoms with Crippen LogP contribution >= 0.6 is 11.3 Å². The van der Waals surface area contributed by atoms with Crippen LogP contribution in [0.2, 0.25) is 0 Å². The van der Waals surface area contributed by atoms with Crippen LogP contribution in [-0.4, -0.2) is 21.6 Å². The number of imidazole rings is 1. The smallest absolute Gasteiger partial charge is 0.123 e. The van der Waals surface area contributed by atoms with Crippen molar-refractivity contribution in [1.29, 1.82) is 0 Å². The van der Waals surface area contributed by atoms with Gasteiger partial charge in [-0.3, -0.25) is 0 Å². The summed E-state index contributed by atoms with van der Waals surface area (Å²) in [6.07, 6.45) is 3.82. The molecule has 2 aromatic heterocycles. The van der Waals surface area contributed by atoms with Crippen molar-refractivity contribution in [3.63, 3.8) is 0 Å². The Balaban J connectivity index is 2.13. The molecule has 15 heavy (non-hydrogen) atoms. The van der Waals surface area contributed by atoms with Gasteiger partial charge in [0.1, 0.15) is 10.8 Å². The monoisotopic (exact) mass is 222 g/mol. The van der Waals surface area contributed by atoms with Crippen molar-refractivity contribution in [3.05, 3.63) is 34.3 Å². The van der Waals surface area contributed by atoms with Gasteiger partial charge in [-0.25, -0.2) is 9.97 Å². The molecule has 2 heterocycles. The molecule has 0 saturated carbocycles. The summed E-state index contributed by atoms with van der Waals surface area (Å²) in [5.74, 6) is 1.05. The lowest BCUT2D eigenvalue weighted by Crippen LogP contribution is -2.12. The molecule has 0 aliphatic carbocycles. The van der Waals surface area contributed by atoms with E-state index in [1.54, 1.807) is 11.3 Å². The third-order valence-electron chi connectivity index (χ3n) is 2.11. The summed E-state index contributed by atoms with van der Waals surface area (Å²) in [6.45, 7) is 3.62. The molecule has 0 saturated heterocycles. The van der Waals surface area contributed by atoms with Crippen LogP contribution < -0.4 is 5.32 Å². The predicted octanol–water partition coefficient (Wildman–Crippen LogP) is 1.42. The molecule has 2 rings (SSSR count). The highest BCUT2D eigenvalue weighted by atomic mass is 32.1. The first-order valence-corrected chi connectivity index (χ1v) is 5.73. The molecular weight excluding hydrogens is 208 g/mol. The summed E-state index contributed by atoms with van der Waals surface area (Å²) in [5.41, 5.74) is 1.09. The Morgan fingerprint density at radius 3 is 3.07 bits per heavy atom. The topological polar surface area (TPSA) is 42.7 Å². The first-order chi connectivity index (χ1) is 7.29. The lowest BCUT2D eigenvalue weighted by atomic mass is 10.5. The van der Waals surface area contributed by atoms with Crippen molar-refractivity contribution >= 4 is 11.3 Å². The first kappa shape index (κ1) is 10.3. The molecule has 0 spiro atoms. The molecule has 0 aromatic carbocycles. The third-order valence-corrected chi connectivity index (χ3v) is 3.06. The SMILES string of the molecule is CNCc1nccn1Cc1nc(C)cs1. The van der Waals surface area contributed by atoms with E-state index in [4.69, 9.17) is 0 Å². The second-order valence-corrected chi connectivity index (χ2v) is 4.33. The summed E-state index contributed by atoms with van der Waals surface area (Å²) in [7, 11) is 1.92. The average Bonchev–Trinajstić information content (AvgIpc) is 2.78. The quantitative estimate of drug-likeness (QED) is 0.850. The molecule has 0 unspecified atom stereocenters. The second kappa shape index (κ2) is 4.55. The average molecular weight is 222 g/mol. The maximum Gasteiger partial charge on any atom is 0.123 e. The second-order valence-electron chi connectivity index (χ2n) is 3.38. The van der Waals surface area contributed by atoms with E-state index in [9.17, 15) is 0 Å². The molecule has 0 amide bonds. The zero-order chi connectivity index (χ0) is 10.7. The Morgan fingerprint density at radius 1 is 1.53 bits per heavy atom. The van der Waals surface area contributed by atoms with Crippen LogP contribution in [0.3, 0.4) is 0 Å². The van der Waals surface area contributed by atoms with Crippen molar-refractivity contribution in [1.82, 2.24) is 19.9 Å². The standard InChI is InChI=1S/C10H14N4S/c1-8-7-15-10(13-8)6-14-4-3-12-9(14)5-11-2/h3-4,7,11H,5-6H2,1-2H3. The fourth-order valence-corrected chi connectivity index (χ4v) is 2.20. The van der Waals surface area contributed by atoms with Crippen LogP contribution in [0.1, 0.15) is 16.5 Å². The molecule has 2 aromatic rings. The van der Waals surface area contributed by atoms with Crippen LogP contribution in [-0.2, 0) is 13.1 Å². The Bertz CT molecular complexity index is 432. The summed E-state index contributed by atoms with van der Waals surface area (Å²) in [5, 5.41) is 6.30. The maximum atomic E-state index is 4.44. The van der Waals surface area contributed by atoms with Gasteiger partial charge in [-0.2, -0.15) is 0 Å². The van der Waals surface area contributed by atoms with E-state index in [2.05, 4.69) is 25.2 Å². The number of hydrogen-bond donors (Lipinski definition) is 1. The molecular formula is C10H14N4S. The summed E-state index contributed by atoms with van der Waals surface area (Å²) >= 11 is 1.69. The lowest BCUT2D eigenvalue weighted by Gasteiger charge is -2.04. The van der Waals surface area contributed by atoms with Crippen molar-refractivity contribution < 1.29 is 0 Å². The van der Waals surface area contributed by atoms with Gasteiger partial charge in [-0.1, -0.05) is 0 Å². The molecule has 0 radical (unpaired) electrons. The van der Waals surface area contributed by atoms with E-state index < -0.39 is 0 Å². The highest BCUT2D eigenvalue weighted by Gasteiger charge is 2.04. The van der Waals surface area contributed by atoms with Gasteiger partial charge in [0, 0.05) is 23.5 Å². The molecule has 5 heteroatoms. The fourth-order valence-electron chi connectivity index (χ4n) is 1.43. The molecule has 0 aliphatic heterocycles. The molecule has 0 fully saturated rings. The highest BCUT2D eigenvalue weighted by Crippen LogP contribution is 2.11.